The molecule has 2 aliphatic rings. The van der Waals surface area contributed by atoms with E-state index in [1.807, 2.05) is 85.8 Å². The van der Waals surface area contributed by atoms with Crippen molar-refractivity contribution >= 4 is 80.6 Å². The molecule has 73 heavy (non-hydrogen) atoms. The number of likely N-dealkylation sites (tertiary alicyclic amines) is 1. The third kappa shape index (κ3) is 14.8. The Morgan fingerprint density at radius 3 is 2.10 bits per heavy atom. The maximum absolute atomic E-state index is 15.7. The van der Waals surface area contributed by atoms with Gasteiger partial charge in [0.1, 0.15) is 5.82 Å². The number of nitrogens with zero attached hydrogens (tertiary/aromatic N) is 4. The topological polar surface area (TPSA) is 65.0 Å². The molecule has 5 aromatic carbocycles. The van der Waals surface area contributed by atoms with Crippen LogP contribution in [0.1, 0.15) is 58.7 Å². The van der Waals surface area contributed by atoms with Crippen molar-refractivity contribution in [2.24, 2.45) is 0 Å². The van der Waals surface area contributed by atoms with Gasteiger partial charge in [-0.25, -0.2) is 4.39 Å². The van der Waals surface area contributed by atoms with Crippen molar-refractivity contribution in [3.05, 3.63) is 132 Å². The number of piperazine rings is 1. The van der Waals surface area contributed by atoms with Gasteiger partial charge in [-0.1, -0.05) is 41.9 Å². The molecule has 0 spiro atoms. The van der Waals surface area contributed by atoms with E-state index in [1.54, 1.807) is 36.2 Å². The van der Waals surface area contributed by atoms with Gasteiger partial charge in [0.15, 0.2) is 0 Å². The highest BCUT2D eigenvalue weighted by Crippen LogP contribution is 2.45. The van der Waals surface area contributed by atoms with E-state index in [9.17, 15) is 17.4 Å². The van der Waals surface area contributed by atoms with Crippen LogP contribution in [0.5, 0.6) is 0 Å². The van der Waals surface area contributed by atoms with E-state index in [4.69, 9.17) is 16.3 Å². The van der Waals surface area contributed by atoms with Crippen molar-refractivity contribution in [3.63, 3.8) is 0 Å². The molecule has 1 aromatic heterocycles. The summed E-state index contributed by atoms with van der Waals surface area (Å²) in [5, 5.41) is 4.15. The number of aromatic nitrogens is 1. The Balaban J connectivity index is 0.911. The van der Waals surface area contributed by atoms with Gasteiger partial charge in [0, 0.05) is 124 Å². The van der Waals surface area contributed by atoms with Crippen molar-refractivity contribution in [1.29, 1.82) is 0 Å². The maximum atomic E-state index is 15.7. The molecule has 390 valence electrons. The van der Waals surface area contributed by atoms with Crippen LogP contribution in [0.3, 0.4) is 0 Å². The van der Waals surface area contributed by atoms with Crippen LogP contribution in [-0.4, -0.2) is 95.3 Å². The Morgan fingerprint density at radius 1 is 0.795 bits per heavy atom. The molecule has 2 saturated heterocycles. The van der Waals surface area contributed by atoms with Crippen LogP contribution >= 0.6 is 47.1 Å². The molecule has 2 fully saturated rings. The van der Waals surface area contributed by atoms with Gasteiger partial charge in [0.2, 0.25) is 0 Å². The lowest BCUT2D eigenvalue weighted by Gasteiger charge is -2.37. The van der Waals surface area contributed by atoms with Crippen molar-refractivity contribution in [1.82, 2.24) is 9.47 Å². The van der Waals surface area contributed by atoms with Gasteiger partial charge >= 0.3 is 5.51 Å². The fourth-order valence-electron chi connectivity index (χ4n) is 9.84. The molecule has 0 aliphatic carbocycles. The molecule has 2 aliphatic heterocycles. The lowest BCUT2D eigenvalue weighted by atomic mass is 9.99. The first kappa shape index (κ1) is 55.0. The highest BCUT2D eigenvalue weighted by Gasteiger charge is 2.32. The number of alkyl halides is 3. The number of rotatable bonds is 20. The van der Waals surface area contributed by atoms with Crippen molar-refractivity contribution in [2.75, 3.05) is 77.7 Å². The summed E-state index contributed by atoms with van der Waals surface area (Å²) in [5.41, 5.74) is 2.73. The summed E-state index contributed by atoms with van der Waals surface area (Å²) in [7, 11) is -1.35. The quantitative estimate of drug-likeness (QED) is 0.0439. The lowest BCUT2D eigenvalue weighted by Crippen LogP contribution is -2.46. The Bertz CT molecular complexity index is 2780. The minimum atomic E-state index is -4.46. The summed E-state index contributed by atoms with van der Waals surface area (Å²) < 4.78 is 83.1. The number of benzene rings is 5. The number of anilines is 4. The number of hydrogen-bond acceptors (Lipinski definition) is 10. The van der Waals surface area contributed by atoms with E-state index in [1.165, 1.54) is 18.0 Å². The highest BCUT2D eigenvalue weighted by atomic mass is 35.5. The number of nitrogens with one attached hydrogen (secondary N) is 2. The summed E-state index contributed by atoms with van der Waals surface area (Å²) in [5.74, 6) is 0.341. The Morgan fingerprint density at radius 2 is 1.47 bits per heavy atom. The summed E-state index contributed by atoms with van der Waals surface area (Å²) in [6.45, 7) is 15.8. The molecule has 0 bridgehead atoms. The second kappa shape index (κ2) is 25.0. The number of ether oxygens (including phenoxy) is 1. The molecule has 8 rings (SSSR count). The zero-order chi connectivity index (χ0) is 51.8. The molecule has 3 heterocycles. The molecule has 17 heteroatoms. The van der Waals surface area contributed by atoms with Gasteiger partial charge in [-0.05, 0) is 174 Å². The molecular weight excluding hydrogens is 1030 g/mol. The standard InChI is InChI=1S/C56H65ClF4N6O2S4/c1-37(2)67-39(5)55(73(6)68)53(54(67)40-12-14-42(57)15-13-40)41-32-43(58)34-47(33-41)66-30-28-65(29-31-66)46-18-16-44(17-19-46)63-72-50-20-21-51(52(35-50)71-56(59,60)61)62-45(36-70-49-10-8-7-9-11-49)22-25-64-26-23-48(24-27-64)69-38(3)4/h7-21,32-35,37-38,45,48,62-63H,22-31,36H2,1-6H3. The molecule has 6 aromatic rings. The van der Waals surface area contributed by atoms with Crippen LogP contribution < -0.4 is 19.8 Å². The number of piperidine rings is 1. The van der Waals surface area contributed by atoms with E-state index in [0.717, 1.165) is 83.4 Å². The molecule has 2 N–H and O–H groups in total. The molecule has 2 unspecified atom stereocenters. The smallest absolute Gasteiger partial charge is 0.381 e. The van der Waals surface area contributed by atoms with Crippen LogP contribution in [0.4, 0.5) is 40.3 Å². The summed E-state index contributed by atoms with van der Waals surface area (Å²) in [6, 6.07) is 36.1. The molecule has 0 amide bonds. The van der Waals surface area contributed by atoms with Crippen LogP contribution in [0.2, 0.25) is 5.02 Å². The second-order valence-electron chi connectivity index (χ2n) is 19.2. The van der Waals surface area contributed by atoms with E-state index in [2.05, 4.69) is 69.1 Å². The predicted molar refractivity (Wildman–Crippen MR) is 301 cm³/mol. The fraction of sp³-hybridized carbons (Fsp3) is 0.393. The Kier molecular flexibility index (Phi) is 18.8. The average Bonchev–Trinajstić information content (AvgIpc) is 3.68. The second-order valence-corrected chi connectivity index (χ2v) is 24.0. The third-order valence-electron chi connectivity index (χ3n) is 13.2. The largest absolute Gasteiger partial charge is 0.446 e. The summed E-state index contributed by atoms with van der Waals surface area (Å²) in [6.07, 6.45) is 4.90. The van der Waals surface area contributed by atoms with Crippen LogP contribution in [0.25, 0.3) is 22.4 Å². The minimum Gasteiger partial charge on any atom is -0.381 e. The highest BCUT2D eigenvalue weighted by molar-refractivity contribution is 8.01. The van der Waals surface area contributed by atoms with E-state index in [-0.39, 0.29) is 46.8 Å². The Hall–Kier alpha value is -4.29. The van der Waals surface area contributed by atoms with Gasteiger partial charge in [0.05, 0.1) is 33.6 Å². The van der Waals surface area contributed by atoms with Crippen molar-refractivity contribution < 1.29 is 26.5 Å². The Labute approximate surface area is 448 Å². The van der Waals surface area contributed by atoms with Gasteiger partial charge in [0.25, 0.3) is 0 Å². The zero-order valence-corrected chi connectivity index (χ0v) is 46.2. The summed E-state index contributed by atoms with van der Waals surface area (Å²) in [4.78, 5) is 9.53. The maximum Gasteiger partial charge on any atom is 0.446 e. The van der Waals surface area contributed by atoms with Gasteiger partial charge in [-0.2, -0.15) is 13.2 Å². The lowest BCUT2D eigenvalue weighted by molar-refractivity contribution is -0.0328. The normalized spacial score (nSPS) is 15.8. The van der Waals surface area contributed by atoms with Crippen LogP contribution in [-0.2, 0) is 15.5 Å². The molecule has 0 saturated carbocycles. The first-order valence-electron chi connectivity index (χ1n) is 24.9. The fourth-order valence-corrected chi connectivity index (χ4v) is 13.4. The van der Waals surface area contributed by atoms with E-state index < -0.39 is 16.3 Å². The van der Waals surface area contributed by atoms with Gasteiger partial charge in [-0.3, -0.25) is 4.21 Å². The molecule has 8 nitrogen and oxygen atoms in total. The first-order chi connectivity index (χ1) is 35.0. The number of halogens is 5. The number of hydrogen-bond donors (Lipinski definition) is 2. The average molecular weight is 1090 g/mol. The zero-order valence-electron chi connectivity index (χ0n) is 42.2. The van der Waals surface area contributed by atoms with Crippen LogP contribution in [0.15, 0.2) is 135 Å². The number of thioether (sulfide) groups is 2. The van der Waals surface area contributed by atoms with Crippen molar-refractivity contribution in [3.8, 4) is 22.4 Å². The van der Waals surface area contributed by atoms with Crippen LogP contribution in [0, 0.1) is 12.7 Å². The van der Waals surface area contributed by atoms with Crippen molar-refractivity contribution in [2.45, 2.75) is 103 Å². The third-order valence-corrected chi connectivity index (χ3v) is 17.3. The van der Waals surface area contributed by atoms with Gasteiger partial charge in [-0.15, -0.1) is 11.8 Å². The molecule has 0 radical (unpaired) electrons. The van der Waals surface area contributed by atoms with E-state index in [0.29, 0.717) is 58.0 Å². The SMILES string of the molecule is Cc1c(S(C)=O)c(-c2cc(F)cc(N3CCN(c4ccc(NSc5ccc(NC(CCN6CCC(OC(C)C)CC6)CSc6ccccc6)c(SC(F)(F)F)c5)cc4)CC3)c2)c(-c2ccc(Cl)cc2)n1C(C)C. The summed E-state index contributed by atoms with van der Waals surface area (Å²) >= 11 is 9.19. The monoisotopic (exact) mass is 1090 g/mol. The minimum absolute atomic E-state index is 0.0551. The van der Waals surface area contributed by atoms with Gasteiger partial charge < -0.3 is 34.0 Å². The first-order valence-corrected chi connectivity index (χ1v) is 29.4. The van der Waals surface area contributed by atoms with E-state index >= 15 is 4.39 Å². The molecule has 2 atom stereocenters. The molecular formula is C56H65ClF4N6O2S4. The predicted octanol–water partition coefficient (Wildman–Crippen LogP) is 15.2.